The van der Waals surface area contributed by atoms with Gasteiger partial charge >= 0.3 is 0 Å². The van der Waals surface area contributed by atoms with Gasteiger partial charge in [0.1, 0.15) is 0 Å². The molecular formula is C15H17NO. The minimum atomic E-state index is -0.815. The van der Waals surface area contributed by atoms with Crippen molar-refractivity contribution >= 4 is 0 Å². The first-order valence-electron chi connectivity index (χ1n) is 5.85. The standard InChI is InChI=1S/C15H17NO/c1-15(17,14-8-5-11-16-12-14)10-9-13-6-3-2-4-7-13/h2-8,11-12,17H,9-10H2,1H3. The average Bonchev–Trinajstić information content (AvgIpc) is 2.39. The molecule has 88 valence electrons. The highest BCUT2D eigenvalue weighted by atomic mass is 16.3. The maximum absolute atomic E-state index is 10.4. The van der Waals surface area contributed by atoms with Crippen LogP contribution in [0.15, 0.2) is 54.9 Å². The van der Waals surface area contributed by atoms with Gasteiger partial charge in [0.25, 0.3) is 0 Å². The SMILES string of the molecule is CC(O)(CCc1ccccc1)c1cccnc1. The van der Waals surface area contributed by atoms with E-state index >= 15 is 0 Å². The van der Waals surface area contributed by atoms with Gasteiger partial charge in [-0.3, -0.25) is 4.98 Å². The molecule has 17 heavy (non-hydrogen) atoms. The van der Waals surface area contributed by atoms with E-state index in [1.54, 1.807) is 12.4 Å². The van der Waals surface area contributed by atoms with Crippen molar-refractivity contribution in [1.82, 2.24) is 4.98 Å². The fraction of sp³-hybridized carbons (Fsp3) is 0.267. The van der Waals surface area contributed by atoms with Crippen LogP contribution in [0.25, 0.3) is 0 Å². The maximum atomic E-state index is 10.4. The molecule has 0 amide bonds. The Morgan fingerprint density at radius 2 is 1.88 bits per heavy atom. The van der Waals surface area contributed by atoms with Gasteiger partial charge in [-0.05, 0) is 31.4 Å². The predicted molar refractivity (Wildman–Crippen MR) is 68.6 cm³/mol. The second kappa shape index (κ2) is 5.11. The molecule has 0 aliphatic carbocycles. The number of nitrogens with zero attached hydrogens (tertiary/aromatic N) is 1. The lowest BCUT2D eigenvalue weighted by Crippen LogP contribution is -2.22. The van der Waals surface area contributed by atoms with Gasteiger partial charge in [0, 0.05) is 18.0 Å². The average molecular weight is 227 g/mol. The Hall–Kier alpha value is -1.67. The van der Waals surface area contributed by atoms with Crippen LogP contribution in [-0.4, -0.2) is 10.1 Å². The summed E-state index contributed by atoms with van der Waals surface area (Å²) in [5, 5.41) is 10.4. The minimum Gasteiger partial charge on any atom is -0.385 e. The lowest BCUT2D eigenvalue weighted by atomic mass is 9.91. The second-order valence-corrected chi connectivity index (χ2v) is 4.50. The molecular weight excluding hydrogens is 210 g/mol. The zero-order chi connectivity index (χ0) is 12.1. The molecule has 1 unspecified atom stereocenters. The molecule has 0 aliphatic heterocycles. The minimum absolute atomic E-state index is 0.697. The summed E-state index contributed by atoms with van der Waals surface area (Å²) in [6, 6.07) is 14.0. The summed E-state index contributed by atoms with van der Waals surface area (Å²) >= 11 is 0. The lowest BCUT2D eigenvalue weighted by molar-refractivity contribution is 0.0477. The Labute approximate surface area is 102 Å². The highest BCUT2D eigenvalue weighted by Crippen LogP contribution is 2.25. The van der Waals surface area contributed by atoms with E-state index in [0.717, 1.165) is 12.0 Å². The van der Waals surface area contributed by atoms with Crippen molar-refractivity contribution in [3.63, 3.8) is 0 Å². The summed E-state index contributed by atoms with van der Waals surface area (Å²) in [5.74, 6) is 0. The number of benzene rings is 1. The third-order valence-electron chi connectivity index (χ3n) is 3.03. The topological polar surface area (TPSA) is 33.1 Å². The van der Waals surface area contributed by atoms with Gasteiger partial charge in [0.2, 0.25) is 0 Å². The van der Waals surface area contributed by atoms with Gasteiger partial charge in [-0.25, -0.2) is 0 Å². The van der Waals surface area contributed by atoms with Crippen molar-refractivity contribution in [3.8, 4) is 0 Å². The molecule has 2 nitrogen and oxygen atoms in total. The molecule has 2 heteroatoms. The zero-order valence-electron chi connectivity index (χ0n) is 10.0. The molecule has 1 aromatic carbocycles. The van der Waals surface area contributed by atoms with Crippen LogP contribution in [0.5, 0.6) is 0 Å². The smallest absolute Gasteiger partial charge is 0.0886 e. The van der Waals surface area contributed by atoms with Gasteiger partial charge < -0.3 is 5.11 Å². The zero-order valence-corrected chi connectivity index (χ0v) is 10.0. The number of pyridine rings is 1. The van der Waals surface area contributed by atoms with Crippen molar-refractivity contribution in [3.05, 3.63) is 66.0 Å². The Kier molecular flexibility index (Phi) is 3.55. The number of aromatic nitrogens is 1. The Bertz CT molecular complexity index is 451. The predicted octanol–water partition coefficient (Wildman–Crippen LogP) is 2.92. The quantitative estimate of drug-likeness (QED) is 0.871. The molecule has 1 heterocycles. The second-order valence-electron chi connectivity index (χ2n) is 4.50. The van der Waals surface area contributed by atoms with Crippen molar-refractivity contribution in [2.45, 2.75) is 25.4 Å². The van der Waals surface area contributed by atoms with Crippen molar-refractivity contribution in [2.24, 2.45) is 0 Å². The van der Waals surface area contributed by atoms with E-state index in [1.807, 2.05) is 37.3 Å². The van der Waals surface area contributed by atoms with Crippen LogP contribution >= 0.6 is 0 Å². The van der Waals surface area contributed by atoms with Gasteiger partial charge in [-0.2, -0.15) is 0 Å². The molecule has 1 aromatic heterocycles. The summed E-state index contributed by atoms with van der Waals surface area (Å²) in [6.45, 7) is 1.84. The van der Waals surface area contributed by atoms with E-state index in [2.05, 4.69) is 17.1 Å². The van der Waals surface area contributed by atoms with Gasteiger partial charge in [0.15, 0.2) is 0 Å². The fourth-order valence-corrected chi connectivity index (χ4v) is 1.86. The maximum Gasteiger partial charge on any atom is 0.0886 e. The third kappa shape index (κ3) is 3.14. The normalized spacial score (nSPS) is 14.2. The first-order valence-corrected chi connectivity index (χ1v) is 5.85. The van der Waals surface area contributed by atoms with E-state index in [9.17, 15) is 5.11 Å². The summed E-state index contributed by atoms with van der Waals surface area (Å²) in [5.41, 5.74) is 1.30. The van der Waals surface area contributed by atoms with E-state index < -0.39 is 5.60 Å². The molecule has 0 spiro atoms. The number of hydrogen-bond donors (Lipinski definition) is 1. The highest BCUT2D eigenvalue weighted by Gasteiger charge is 2.22. The van der Waals surface area contributed by atoms with Crippen LogP contribution < -0.4 is 0 Å². The van der Waals surface area contributed by atoms with Crippen LogP contribution in [0.3, 0.4) is 0 Å². The van der Waals surface area contributed by atoms with Crippen molar-refractivity contribution < 1.29 is 5.11 Å². The molecule has 2 rings (SSSR count). The van der Waals surface area contributed by atoms with E-state index in [4.69, 9.17) is 0 Å². The fourth-order valence-electron chi connectivity index (χ4n) is 1.86. The Morgan fingerprint density at radius 3 is 2.53 bits per heavy atom. The molecule has 0 saturated heterocycles. The summed E-state index contributed by atoms with van der Waals surface area (Å²) < 4.78 is 0. The molecule has 2 aromatic rings. The molecule has 0 bridgehead atoms. The van der Waals surface area contributed by atoms with Crippen LogP contribution in [0, 0.1) is 0 Å². The largest absolute Gasteiger partial charge is 0.385 e. The van der Waals surface area contributed by atoms with Gasteiger partial charge in [-0.15, -0.1) is 0 Å². The molecule has 0 aliphatic rings. The third-order valence-corrected chi connectivity index (χ3v) is 3.03. The van der Waals surface area contributed by atoms with E-state index in [0.29, 0.717) is 6.42 Å². The van der Waals surface area contributed by atoms with E-state index in [-0.39, 0.29) is 0 Å². The molecule has 1 N–H and O–H groups in total. The number of rotatable bonds is 4. The first kappa shape index (κ1) is 11.8. The Balaban J connectivity index is 2.03. The monoisotopic (exact) mass is 227 g/mol. The van der Waals surface area contributed by atoms with Gasteiger partial charge in [-0.1, -0.05) is 36.4 Å². The molecule has 0 saturated carbocycles. The number of hydrogen-bond acceptors (Lipinski definition) is 2. The highest BCUT2D eigenvalue weighted by molar-refractivity contribution is 5.19. The van der Waals surface area contributed by atoms with Crippen LogP contribution in [0.2, 0.25) is 0 Å². The molecule has 1 atom stereocenters. The van der Waals surface area contributed by atoms with Crippen LogP contribution in [0.4, 0.5) is 0 Å². The Morgan fingerprint density at radius 1 is 1.12 bits per heavy atom. The summed E-state index contributed by atoms with van der Waals surface area (Å²) in [7, 11) is 0. The van der Waals surface area contributed by atoms with Crippen LogP contribution in [-0.2, 0) is 12.0 Å². The summed E-state index contributed by atoms with van der Waals surface area (Å²) in [6.07, 6.45) is 5.01. The number of aryl methyl sites for hydroxylation is 1. The van der Waals surface area contributed by atoms with Crippen molar-refractivity contribution in [2.75, 3.05) is 0 Å². The molecule has 0 fully saturated rings. The van der Waals surface area contributed by atoms with Gasteiger partial charge in [0.05, 0.1) is 5.60 Å². The number of aliphatic hydroxyl groups is 1. The molecule has 0 radical (unpaired) electrons. The van der Waals surface area contributed by atoms with E-state index in [1.165, 1.54) is 5.56 Å². The first-order chi connectivity index (χ1) is 8.18. The van der Waals surface area contributed by atoms with Crippen molar-refractivity contribution in [1.29, 1.82) is 0 Å². The van der Waals surface area contributed by atoms with Crippen LogP contribution in [0.1, 0.15) is 24.5 Å². The lowest BCUT2D eigenvalue weighted by Gasteiger charge is -2.23. The summed E-state index contributed by atoms with van der Waals surface area (Å²) in [4.78, 5) is 4.05.